The summed E-state index contributed by atoms with van der Waals surface area (Å²) in [6, 6.07) is 0. The first kappa shape index (κ1) is 12.0. The van der Waals surface area contributed by atoms with E-state index in [1.165, 1.54) is 0 Å². The maximum atomic E-state index is 11.5. The van der Waals surface area contributed by atoms with Gasteiger partial charge in [-0.2, -0.15) is 0 Å². The van der Waals surface area contributed by atoms with Crippen LogP contribution in [0.25, 0.3) is 0 Å². The van der Waals surface area contributed by atoms with Crippen LogP contribution in [0.3, 0.4) is 0 Å². The molecule has 1 fully saturated rings. The highest BCUT2D eigenvalue weighted by Crippen LogP contribution is 2.19. The molecule has 0 aliphatic carbocycles. The Bertz CT molecular complexity index is 218. The van der Waals surface area contributed by atoms with Crippen LogP contribution in [0.15, 0.2) is 0 Å². The number of carbonyl (C=O) groups excluding carboxylic acids is 2. The highest BCUT2D eigenvalue weighted by molar-refractivity contribution is 5.83. The van der Waals surface area contributed by atoms with Gasteiger partial charge in [-0.25, -0.2) is 0 Å². The van der Waals surface area contributed by atoms with Crippen LogP contribution in [0, 0.1) is 11.8 Å². The summed E-state index contributed by atoms with van der Waals surface area (Å²) in [7, 11) is 0. The molecule has 0 radical (unpaired) electrons. The molecular weight excluding hydrogens is 198 g/mol. The van der Waals surface area contributed by atoms with Gasteiger partial charge in [0.15, 0.2) is 0 Å². The van der Waals surface area contributed by atoms with E-state index in [1.807, 2.05) is 0 Å². The first-order valence-electron chi connectivity index (χ1n) is 5.24. The lowest BCUT2D eigenvalue weighted by Gasteiger charge is -2.15. The second kappa shape index (κ2) is 5.70. The van der Waals surface area contributed by atoms with Gasteiger partial charge in [0.1, 0.15) is 0 Å². The van der Waals surface area contributed by atoms with Crippen LogP contribution in [0.1, 0.15) is 13.8 Å². The van der Waals surface area contributed by atoms with Gasteiger partial charge in [-0.1, -0.05) is 0 Å². The van der Waals surface area contributed by atoms with E-state index in [-0.39, 0.29) is 11.9 Å². The average Bonchev–Trinajstić information content (AvgIpc) is 2.66. The summed E-state index contributed by atoms with van der Waals surface area (Å²) in [6.45, 7) is 5.15. The summed E-state index contributed by atoms with van der Waals surface area (Å²) in [6.07, 6.45) is 0. The van der Waals surface area contributed by atoms with E-state index in [9.17, 15) is 9.59 Å². The summed E-state index contributed by atoms with van der Waals surface area (Å²) in [5, 5.41) is 3.00. The van der Waals surface area contributed by atoms with Crippen molar-refractivity contribution in [2.45, 2.75) is 13.8 Å². The third-order valence-corrected chi connectivity index (χ3v) is 2.39. The Morgan fingerprint density at radius 3 is 1.80 bits per heavy atom. The van der Waals surface area contributed by atoms with Crippen molar-refractivity contribution in [1.29, 1.82) is 0 Å². The Hall–Kier alpha value is -1.10. The van der Waals surface area contributed by atoms with Gasteiger partial charge in [0.05, 0.1) is 25.0 Å². The molecular formula is C10H17NO4. The van der Waals surface area contributed by atoms with Crippen molar-refractivity contribution >= 4 is 11.9 Å². The molecule has 0 spiro atoms. The quantitative estimate of drug-likeness (QED) is 0.666. The second-order valence-electron chi connectivity index (χ2n) is 3.38. The molecule has 5 nitrogen and oxygen atoms in total. The van der Waals surface area contributed by atoms with E-state index < -0.39 is 11.8 Å². The first-order chi connectivity index (χ1) is 7.20. The number of carbonyl (C=O) groups is 2. The lowest BCUT2D eigenvalue weighted by molar-refractivity contribution is -0.157. The maximum Gasteiger partial charge on any atom is 0.311 e. The number of hydrogen-bond donors (Lipinski definition) is 1. The van der Waals surface area contributed by atoms with E-state index in [1.54, 1.807) is 13.8 Å². The van der Waals surface area contributed by atoms with Crippen molar-refractivity contribution in [2.75, 3.05) is 26.3 Å². The van der Waals surface area contributed by atoms with Gasteiger partial charge in [-0.05, 0) is 13.8 Å². The minimum absolute atomic E-state index is 0.319. The highest BCUT2D eigenvalue weighted by atomic mass is 16.5. The van der Waals surface area contributed by atoms with Crippen LogP contribution < -0.4 is 5.32 Å². The van der Waals surface area contributed by atoms with Crippen LogP contribution in [0.5, 0.6) is 0 Å². The minimum Gasteiger partial charge on any atom is -0.466 e. The SMILES string of the molecule is CCOC(=O)[C@@H]1CNC[C@H]1C(=O)OCC. The normalized spacial score (nSPS) is 24.9. The summed E-state index contributed by atoms with van der Waals surface area (Å²) in [5.74, 6) is -1.44. The molecule has 15 heavy (non-hydrogen) atoms. The zero-order chi connectivity index (χ0) is 11.3. The standard InChI is InChI=1S/C10H17NO4/c1-3-14-9(12)7-5-11-6-8(7)10(13)15-4-2/h7-8,11H,3-6H2,1-2H3/t7-,8-/m1/s1. The van der Waals surface area contributed by atoms with Gasteiger partial charge < -0.3 is 14.8 Å². The van der Waals surface area contributed by atoms with Crippen LogP contribution in [0.2, 0.25) is 0 Å². The fourth-order valence-electron chi connectivity index (χ4n) is 1.67. The predicted molar refractivity (Wildman–Crippen MR) is 53.1 cm³/mol. The number of ether oxygens (including phenoxy) is 2. The summed E-state index contributed by atoms with van der Waals surface area (Å²) >= 11 is 0. The number of hydrogen-bond acceptors (Lipinski definition) is 5. The minimum atomic E-state index is -0.399. The molecule has 1 aliphatic heterocycles. The number of rotatable bonds is 4. The lowest BCUT2D eigenvalue weighted by atomic mass is 9.96. The Morgan fingerprint density at radius 2 is 1.47 bits per heavy atom. The van der Waals surface area contributed by atoms with Crippen LogP contribution in [-0.2, 0) is 19.1 Å². The van der Waals surface area contributed by atoms with Crippen LogP contribution >= 0.6 is 0 Å². The Balaban J connectivity index is 2.56. The molecule has 0 aromatic rings. The molecule has 0 aromatic carbocycles. The van der Waals surface area contributed by atoms with Crippen molar-refractivity contribution in [3.8, 4) is 0 Å². The first-order valence-corrected chi connectivity index (χ1v) is 5.24. The van der Waals surface area contributed by atoms with E-state index in [4.69, 9.17) is 9.47 Å². The van der Waals surface area contributed by atoms with Gasteiger partial charge >= 0.3 is 11.9 Å². The molecule has 1 rings (SSSR count). The Labute approximate surface area is 89.1 Å². The molecule has 0 bridgehead atoms. The Morgan fingerprint density at radius 1 is 1.07 bits per heavy atom. The zero-order valence-electron chi connectivity index (χ0n) is 9.12. The van der Waals surface area contributed by atoms with Gasteiger partial charge in [0.25, 0.3) is 0 Å². The van der Waals surface area contributed by atoms with Crippen LogP contribution in [-0.4, -0.2) is 38.2 Å². The number of nitrogens with one attached hydrogen (secondary N) is 1. The van der Waals surface area contributed by atoms with E-state index in [2.05, 4.69) is 5.32 Å². The van der Waals surface area contributed by atoms with Crippen molar-refractivity contribution in [1.82, 2.24) is 5.32 Å². The summed E-state index contributed by atoms with van der Waals surface area (Å²) in [5.41, 5.74) is 0. The van der Waals surface area contributed by atoms with E-state index in [0.717, 1.165) is 0 Å². The molecule has 1 aliphatic rings. The molecule has 86 valence electrons. The van der Waals surface area contributed by atoms with Gasteiger partial charge in [0, 0.05) is 13.1 Å². The van der Waals surface area contributed by atoms with E-state index >= 15 is 0 Å². The average molecular weight is 215 g/mol. The van der Waals surface area contributed by atoms with Crippen molar-refractivity contribution in [3.05, 3.63) is 0 Å². The van der Waals surface area contributed by atoms with Crippen molar-refractivity contribution < 1.29 is 19.1 Å². The van der Waals surface area contributed by atoms with Gasteiger partial charge in [-0.3, -0.25) is 9.59 Å². The topological polar surface area (TPSA) is 64.6 Å². The second-order valence-corrected chi connectivity index (χ2v) is 3.38. The monoisotopic (exact) mass is 215 g/mol. The van der Waals surface area contributed by atoms with Crippen molar-refractivity contribution in [3.63, 3.8) is 0 Å². The lowest BCUT2D eigenvalue weighted by Crippen LogP contribution is -2.31. The molecule has 0 saturated carbocycles. The number of esters is 2. The zero-order valence-corrected chi connectivity index (χ0v) is 9.12. The molecule has 1 heterocycles. The summed E-state index contributed by atoms with van der Waals surface area (Å²) in [4.78, 5) is 23.0. The van der Waals surface area contributed by atoms with E-state index in [0.29, 0.717) is 26.3 Å². The third kappa shape index (κ3) is 2.92. The maximum absolute atomic E-state index is 11.5. The molecule has 0 aromatic heterocycles. The predicted octanol–water partition coefficient (Wildman–Crippen LogP) is -0.0518. The highest BCUT2D eigenvalue weighted by Gasteiger charge is 2.39. The van der Waals surface area contributed by atoms with Gasteiger partial charge in [0.2, 0.25) is 0 Å². The fourth-order valence-corrected chi connectivity index (χ4v) is 1.67. The Kier molecular flexibility index (Phi) is 4.55. The fraction of sp³-hybridized carbons (Fsp3) is 0.800. The largest absolute Gasteiger partial charge is 0.466 e. The van der Waals surface area contributed by atoms with Crippen LogP contribution in [0.4, 0.5) is 0 Å². The molecule has 2 atom stereocenters. The molecule has 0 unspecified atom stereocenters. The molecule has 0 amide bonds. The molecule has 5 heteroatoms. The molecule has 1 saturated heterocycles. The summed E-state index contributed by atoms with van der Waals surface area (Å²) < 4.78 is 9.80. The smallest absolute Gasteiger partial charge is 0.311 e. The van der Waals surface area contributed by atoms with Crippen molar-refractivity contribution in [2.24, 2.45) is 11.8 Å². The molecule has 1 N–H and O–H groups in total. The van der Waals surface area contributed by atoms with Gasteiger partial charge in [-0.15, -0.1) is 0 Å². The third-order valence-electron chi connectivity index (χ3n) is 2.39.